The second-order valence-corrected chi connectivity index (χ2v) is 15.9. The standard InChI is InChI=1S/C41H44F2N6O5S/c1-47-19-31(29-16-44-17-30(29)40(47)52)25-14-35(53-2)32(36(15-25)54-3)20-48-12-10-28-26(22-55-37(28)21-48)18-49-13-11-33(41(42,43)23-49)24-4-6-27(7-5-24)45-34-8-9-38(50)46-39(34)51/h4-7,14-16,19,22,33-34,45H,8-13,17-18,20-21,23H2,1-3H3,(H,46,50,51). The molecule has 4 aliphatic rings. The summed E-state index contributed by atoms with van der Waals surface area (Å²) in [6.45, 7) is 3.28. The molecule has 2 aromatic heterocycles. The van der Waals surface area contributed by atoms with Crippen LogP contribution in [0.25, 0.3) is 11.1 Å². The number of carbonyl (C=O) groups is 2. The van der Waals surface area contributed by atoms with Crippen LogP contribution in [-0.2, 0) is 49.2 Å². The number of ether oxygens (including phenoxy) is 2. The second kappa shape index (κ2) is 15.0. The van der Waals surface area contributed by atoms with Crippen molar-refractivity contribution in [1.82, 2.24) is 19.7 Å². The number of piperidine rings is 2. The third kappa shape index (κ3) is 7.30. The molecule has 2 aromatic carbocycles. The number of alkyl halides is 2. The number of thiophene rings is 1. The Morgan fingerprint density at radius 3 is 2.45 bits per heavy atom. The fourth-order valence-electron chi connectivity index (χ4n) is 8.45. The fraction of sp³-hybridized carbons (Fsp3) is 0.415. The third-order valence-electron chi connectivity index (χ3n) is 11.4. The van der Waals surface area contributed by atoms with Crippen molar-refractivity contribution in [3.05, 3.63) is 96.6 Å². The number of carbonyl (C=O) groups excluding carboxylic acids is 2. The van der Waals surface area contributed by atoms with E-state index in [1.165, 1.54) is 10.4 Å². The van der Waals surface area contributed by atoms with E-state index in [0.29, 0.717) is 67.3 Å². The molecule has 2 N–H and O–H groups in total. The third-order valence-corrected chi connectivity index (χ3v) is 12.4. The number of fused-ring (bicyclic) bond motifs is 2. The summed E-state index contributed by atoms with van der Waals surface area (Å²) in [7, 11) is 5.06. The number of aryl methyl sites for hydroxylation is 1. The minimum atomic E-state index is -2.90. The summed E-state index contributed by atoms with van der Waals surface area (Å²) in [6, 6.07) is 10.4. The predicted octanol–water partition coefficient (Wildman–Crippen LogP) is 5.46. The highest BCUT2D eigenvalue weighted by Gasteiger charge is 2.45. The molecule has 288 valence electrons. The number of nitrogens with one attached hydrogen (secondary N) is 2. The number of hydrogen-bond acceptors (Lipinski definition) is 10. The van der Waals surface area contributed by atoms with E-state index in [1.807, 2.05) is 23.2 Å². The number of aromatic nitrogens is 1. The van der Waals surface area contributed by atoms with Gasteiger partial charge in [-0.2, -0.15) is 0 Å². The van der Waals surface area contributed by atoms with Gasteiger partial charge in [0.1, 0.15) is 17.5 Å². The molecule has 0 spiro atoms. The highest BCUT2D eigenvalue weighted by Crippen LogP contribution is 2.42. The van der Waals surface area contributed by atoms with Gasteiger partial charge in [-0.15, -0.1) is 11.3 Å². The average Bonchev–Trinajstić information content (AvgIpc) is 3.82. The number of nitrogens with zero attached hydrogens (tertiary/aromatic N) is 4. The van der Waals surface area contributed by atoms with Crippen molar-refractivity contribution in [2.24, 2.45) is 12.0 Å². The SMILES string of the molecule is COc1cc(-c2cn(C)c(=O)c3c2C=NC3)cc(OC)c1CN1CCc2c(CN3CCC(c4ccc(NC5CCC(=O)NC5=O)cc4)C(F)(F)C3)csc2C1. The average molecular weight is 771 g/mol. The molecule has 4 aromatic rings. The summed E-state index contributed by atoms with van der Waals surface area (Å²) < 4.78 is 44.9. The highest BCUT2D eigenvalue weighted by atomic mass is 32.1. The van der Waals surface area contributed by atoms with Crippen molar-refractivity contribution < 1.29 is 27.8 Å². The van der Waals surface area contributed by atoms with E-state index >= 15 is 8.78 Å². The van der Waals surface area contributed by atoms with Crippen molar-refractivity contribution in [3.63, 3.8) is 0 Å². The molecule has 8 rings (SSSR count). The second-order valence-electron chi connectivity index (χ2n) is 14.9. The zero-order valence-electron chi connectivity index (χ0n) is 31.1. The molecular formula is C41H44F2N6O5S. The Morgan fingerprint density at radius 2 is 1.75 bits per heavy atom. The summed E-state index contributed by atoms with van der Waals surface area (Å²) in [6.07, 6.45) is 5.43. The van der Waals surface area contributed by atoms with Gasteiger partial charge in [0.05, 0.1) is 38.8 Å². The number of anilines is 1. The number of pyridine rings is 1. The van der Waals surface area contributed by atoms with Crippen LogP contribution in [0.3, 0.4) is 0 Å². The van der Waals surface area contributed by atoms with E-state index in [-0.39, 0.29) is 30.3 Å². The van der Waals surface area contributed by atoms with Gasteiger partial charge in [-0.3, -0.25) is 34.5 Å². The van der Waals surface area contributed by atoms with Crippen molar-refractivity contribution in [3.8, 4) is 22.6 Å². The van der Waals surface area contributed by atoms with Gasteiger partial charge >= 0.3 is 0 Å². The fourth-order valence-corrected chi connectivity index (χ4v) is 9.58. The minimum absolute atomic E-state index is 0.0437. The Bertz CT molecular complexity index is 2210. The summed E-state index contributed by atoms with van der Waals surface area (Å²) in [5, 5.41) is 7.58. The van der Waals surface area contributed by atoms with Gasteiger partial charge in [0.15, 0.2) is 0 Å². The van der Waals surface area contributed by atoms with Crippen LogP contribution in [0.2, 0.25) is 0 Å². The summed E-state index contributed by atoms with van der Waals surface area (Å²) in [5.41, 5.74) is 7.83. The molecule has 0 bridgehead atoms. The van der Waals surface area contributed by atoms with Gasteiger partial charge in [0.2, 0.25) is 11.8 Å². The lowest BCUT2D eigenvalue weighted by molar-refractivity contribution is -0.133. The number of imide groups is 1. The van der Waals surface area contributed by atoms with Crippen LogP contribution in [0, 0.1) is 0 Å². The molecule has 0 saturated carbocycles. The molecule has 2 fully saturated rings. The van der Waals surface area contributed by atoms with Crippen LogP contribution in [0.15, 0.2) is 57.8 Å². The maximum atomic E-state index is 15.7. The number of methoxy groups -OCH3 is 2. The summed E-state index contributed by atoms with van der Waals surface area (Å²) in [4.78, 5) is 46.1. The molecule has 2 saturated heterocycles. The zero-order valence-corrected chi connectivity index (χ0v) is 31.9. The van der Waals surface area contributed by atoms with Crippen molar-refractivity contribution in [2.45, 2.75) is 69.7 Å². The smallest absolute Gasteiger partial charge is 0.267 e. The van der Waals surface area contributed by atoms with Gasteiger partial charge in [0.25, 0.3) is 11.5 Å². The summed E-state index contributed by atoms with van der Waals surface area (Å²) in [5.74, 6) is -3.04. The quantitative estimate of drug-likeness (QED) is 0.204. The predicted molar refractivity (Wildman–Crippen MR) is 207 cm³/mol. The number of rotatable bonds is 10. The lowest BCUT2D eigenvalue weighted by Gasteiger charge is -2.39. The maximum absolute atomic E-state index is 15.7. The first kappa shape index (κ1) is 37.0. The number of aliphatic imine (C=N–C) groups is 1. The van der Waals surface area contributed by atoms with Crippen LogP contribution in [0.5, 0.6) is 11.5 Å². The molecule has 14 heteroatoms. The molecule has 2 atom stereocenters. The lowest BCUT2D eigenvalue weighted by atomic mass is 9.86. The number of amides is 2. The number of halogens is 2. The molecule has 2 unspecified atom stereocenters. The van der Waals surface area contributed by atoms with E-state index in [0.717, 1.165) is 47.3 Å². The van der Waals surface area contributed by atoms with Crippen molar-refractivity contribution in [1.29, 1.82) is 0 Å². The molecule has 0 radical (unpaired) electrons. The zero-order chi connectivity index (χ0) is 38.4. The molecule has 6 heterocycles. The van der Waals surface area contributed by atoms with Crippen LogP contribution < -0.4 is 25.7 Å². The van der Waals surface area contributed by atoms with Gasteiger partial charge in [-0.1, -0.05) is 12.1 Å². The number of benzene rings is 2. The van der Waals surface area contributed by atoms with E-state index in [1.54, 1.807) is 67.7 Å². The molecule has 4 aliphatic heterocycles. The first-order valence-electron chi connectivity index (χ1n) is 18.6. The largest absolute Gasteiger partial charge is 0.496 e. The minimum Gasteiger partial charge on any atom is -0.496 e. The number of likely N-dealkylation sites (tertiary alicyclic amines) is 1. The van der Waals surface area contributed by atoms with Crippen LogP contribution in [0.1, 0.15) is 63.4 Å². The highest BCUT2D eigenvalue weighted by molar-refractivity contribution is 7.10. The molecule has 55 heavy (non-hydrogen) atoms. The molecule has 11 nitrogen and oxygen atoms in total. The Morgan fingerprint density at radius 1 is 0.982 bits per heavy atom. The number of hydrogen-bond donors (Lipinski definition) is 2. The maximum Gasteiger partial charge on any atom is 0.267 e. The Labute approximate surface area is 322 Å². The molecule has 0 aliphatic carbocycles. The monoisotopic (exact) mass is 770 g/mol. The van der Waals surface area contributed by atoms with Crippen LogP contribution >= 0.6 is 11.3 Å². The van der Waals surface area contributed by atoms with E-state index in [9.17, 15) is 14.4 Å². The van der Waals surface area contributed by atoms with Crippen molar-refractivity contribution >= 4 is 35.1 Å². The lowest BCUT2D eigenvalue weighted by Crippen LogP contribution is -2.47. The Kier molecular flexibility index (Phi) is 10.1. The van der Waals surface area contributed by atoms with Gasteiger partial charge in [0, 0.05) is 79.3 Å². The first-order chi connectivity index (χ1) is 26.5. The Balaban J connectivity index is 0.909. The van der Waals surface area contributed by atoms with Gasteiger partial charge < -0.3 is 19.4 Å². The van der Waals surface area contributed by atoms with Crippen LogP contribution in [0.4, 0.5) is 14.5 Å². The molecule has 2 amide bonds. The molecular weight excluding hydrogens is 727 g/mol. The van der Waals surface area contributed by atoms with E-state index < -0.39 is 17.9 Å². The van der Waals surface area contributed by atoms with Gasteiger partial charge in [-0.05, 0) is 77.7 Å². The topological polar surface area (TPSA) is 118 Å². The normalized spacial score (nSPS) is 20.9. The van der Waals surface area contributed by atoms with Gasteiger partial charge in [-0.25, -0.2) is 8.78 Å². The first-order valence-corrected chi connectivity index (χ1v) is 19.5. The van der Waals surface area contributed by atoms with Crippen molar-refractivity contribution in [2.75, 3.05) is 39.2 Å². The van der Waals surface area contributed by atoms with E-state index in [2.05, 4.69) is 25.9 Å². The van der Waals surface area contributed by atoms with E-state index in [4.69, 9.17) is 9.47 Å². The van der Waals surface area contributed by atoms with Crippen LogP contribution in [-0.4, -0.2) is 78.2 Å². The Hall–Kier alpha value is -4.92. The summed E-state index contributed by atoms with van der Waals surface area (Å²) >= 11 is 1.69.